The molecule has 0 spiro atoms. The van der Waals surface area contributed by atoms with Crippen LogP contribution in [-0.4, -0.2) is 58.6 Å². The van der Waals surface area contributed by atoms with Gasteiger partial charge >= 0.3 is 0 Å². The van der Waals surface area contributed by atoms with Gasteiger partial charge in [0, 0.05) is 12.6 Å². The average Bonchev–Trinajstić information content (AvgIpc) is 2.68. The summed E-state index contributed by atoms with van der Waals surface area (Å²) >= 11 is 1.39. The minimum atomic E-state index is -0.680. The van der Waals surface area contributed by atoms with Crippen LogP contribution in [0.3, 0.4) is 0 Å². The molecule has 9 heteroatoms. The topological polar surface area (TPSA) is 95.4 Å². The van der Waals surface area contributed by atoms with Crippen LogP contribution in [0.4, 0.5) is 5.82 Å². The Kier molecular flexibility index (Phi) is 5.87. The molecule has 26 heavy (non-hydrogen) atoms. The number of amides is 1. The van der Waals surface area contributed by atoms with Crippen molar-refractivity contribution in [1.82, 2.24) is 15.2 Å². The van der Waals surface area contributed by atoms with Crippen LogP contribution in [0.2, 0.25) is 6.82 Å². The summed E-state index contributed by atoms with van der Waals surface area (Å²) in [6, 6.07) is -0.680. The number of carbonyl (C=O) groups is 2. The number of aromatic nitrogens is 2. The van der Waals surface area contributed by atoms with Crippen molar-refractivity contribution in [1.29, 1.82) is 0 Å². The van der Waals surface area contributed by atoms with E-state index >= 15 is 0 Å². The summed E-state index contributed by atoms with van der Waals surface area (Å²) in [5, 5.41) is 13.6. The fourth-order valence-corrected chi connectivity index (χ4v) is 4.38. The molecule has 1 aromatic heterocycles. The monoisotopic (exact) mass is 375 g/mol. The van der Waals surface area contributed by atoms with E-state index in [1.54, 1.807) is 20.4 Å². The van der Waals surface area contributed by atoms with Crippen LogP contribution in [-0.2, 0) is 4.79 Å². The number of nitrogens with one attached hydrogen (secondary N) is 1. The minimum Gasteiger partial charge on any atom is -0.402 e. The first kappa shape index (κ1) is 19.2. The lowest BCUT2D eigenvalue weighted by Crippen LogP contribution is -2.63. The van der Waals surface area contributed by atoms with Crippen molar-refractivity contribution in [2.45, 2.75) is 62.1 Å². The fraction of sp³-hybridized carbons (Fsp3) is 0.647. The van der Waals surface area contributed by atoms with Crippen molar-refractivity contribution in [2.24, 2.45) is 0 Å². The fourth-order valence-electron chi connectivity index (χ4n) is 4.05. The molecule has 1 atom stereocenters. The second-order valence-electron chi connectivity index (χ2n) is 6.85. The second kappa shape index (κ2) is 7.96. The lowest BCUT2D eigenvalue weighted by molar-refractivity contribution is -0.121. The molecule has 1 fully saturated rings. The summed E-state index contributed by atoms with van der Waals surface area (Å²) in [5.41, 5.74) is -0.140. The standard InChI is InChI=1S/C17H24BN4O3S/c1-18-21-15(25)12-8-13(24)11-9-19-16(26-2)20-14(11)22(12)17(10-23)6-4-3-5-7-17/h9,12,23H,3-8,10H2,1-2H3,(H,21,25). The molecule has 1 aromatic rings. The van der Waals surface area contributed by atoms with E-state index in [0.717, 1.165) is 32.1 Å². The third-order valence-corrected chi connectivity index (χ3v) is 5.89. The number of aliphatic hydroxyl groups excluding tert-OH is 1. The van der Waals surface area contributed by atoms with Gasteiger partial charge in [0.25, 0.3) is 0 Å². The molecular formula is C17H24BN4O3S. The van der Waals surface area contributed by atoms with Crippen molar-refractivity contribution in [3.05, 3.63) is 11.8 Å². The predicted molar refractivity (Wildman–Crippen MR) is 102 cm³/mol. The molecule has 0 saturated heterocycles. The Morgan fingerprint density at radius 3 is 2.81 bits per heavy atom. The molecule has 1 unspecified atom stereocenters. The number of hydrogen-bond donors (Lipinski definition) is 2. The SMILES string of the molecule is C[B]NC(=O)C1CC(=O)c2cnc(SC)nc2N1C1(CO)CCCCC1. The zero-order valence-electron chi connectivity index (χ0n) is 15.2. The van der Waals surface area contributed by atoms with E-state index in [9.17, 15) is 14.7 Å². The molecule has 1 aliphatic carbocycles. The van der Waals surface area contributed by atoms with Crippen LogP contribution in [0.5, 0.6) is 0 Å². The normalized spacial score (nSPS) is 21.9. The van der Waals surface area contributed by atoms with Gasteiger partial charge in [-0.2, -0.15) is 0 Å². The number of fused-ring (bicyclic) bond motifs is 1. The average molecular weight is 375 g/mol. The first-order valence-electron chi connectivity index (χ1n) is 8.99. The highest BCUT2D eigenvalue weighted by molar-refractivity contribution is 7.98. The van der Waals surface area contributed by atoms with Gasteiger partial charge in [0.2, 0.25) is 13.3 Å². The second-order valence-corrected chi connectivity index (χ2v) is 7.62. The van der Waals surface area contributed by atoms with Crippen molar-refractivity contribution in [2.75, 3.05) is 17.8 Å². The van der Waals surface area contributed by atoms with Crippen molar-refractivity contribution < 1.29 is 14.7 Å². The largest absolute Gasteiger partial charge is 0.402 e. The lowest BCUT2D eigenvalue weighted by Gasteiger charge is -2.51. The van der Waals surface area contributed by atoms with Crippen LogP contribution in [0.15, 0.2) is 11.4 Å². The summed E-state index contributed by atoms with van der Waals surface area (Å²) in [7, 11) is 1.57. The molecule has 139 valence electrons. The molecule has 2 N–H and O–H groups in total. The van der Waals surface area contributed by atoms with E-state index < -0.39 is 11.6 Å². The summed E-state index contributed by atoms with van der Waals surface area (Å²) in [6.07, 6.45) is 8.11. The van der Waals surface area contributed by atoms with Crippen LogP contribution in [0.25, 0.3) is 0 Å². The Labute approximate surface area is 158 Å². The highest BCUT2D eigenvalue weighted by Gasteiger charge is 2.48. The number of Topliss-reactive ketones (excluding diaryl/α,β-unsaturated/α-hetero) is 1. The number of aliphatic hydroxyl groups is 1. The van der Waals surface area contributed by atoms with Crippen molar-refractivity contribution in [3.8, 4) is 0 Å². The Morgan fingerprint density at radius 1 is 1.46 bits per heavy atom. The lowest BCUT2D eigenvalue weighted by atomic mass is 9.78. The Balaban J connectivity index is 2.14. The van der Waals surface area contributed by atoms with E-state index in [1.807, 2.05) is 11.2 Å². The molecule has 7 nitrogen and oxygen atoms in total. The Hall–Kier alpha value is -1.61. The van der Waals surface area contributed by atoms with Gasteiger partial charge in [0.15, 0.2) is 10.9 Å². The van der Waals surface area contributed by atoms with Crippen LogP contribution >= 0.6 is 11.8 Å². The van der Waals surface area contributed by atoms with Crippen LogP contribution in [0.1, 0.15) is 48.9 Å². The molecular weight excluding hydrogens is 351 g/mol. The Bertz CT molecular complexity index is 697. The molecule has 1 saturated carbocycles. The first-order valence-corrected chi connectivity index (χ1v) is 10.2. The number of ketones is 1. The summed E-state index contributed by atoms with van der Waals surface area (Å²) < 4.78 is 0. The minimum absolute atomic E-state index is 0.0659. The number of carbonyl (C=O) groups excluding carboxylic acids is 2. The van der Waals surface area contributed by atoms with Gasteiger partial charge < -0.3 is 15.2 Å². The zero-order valence-corrected chi connectivity index (χ0v) is 16.0. The molecule has 3 rings (SSSR count). The van der Waals surface area contributed by atoms with Gasteiger partial charge in [0.05, 0.1) is 17.7 Å². The molecule has 0 aromatic carbocycles. The van der Waals surface area contributed by atoms with Gasteiger partial charge in [-0.1, -0.05) is 37.8 Å². The highest BCUT2D eigenvalue weighted by Crippen LogP contribution is 2.42. The molecule has 1 radical (unpaired) electrons. The zero-order chi connectivity index (χ0) is 18.7. The first-order chi connectivity index (χ1) is 12.6. The van der Waals surface area contributed by atoms with Gasteiger partial charge in [0.1, 0.15) is 11.9 Å². The molecule has 2 aliphatic rings. The van der Waals surface area contributed by atoms with E-state index in [-0.39, 0.29) is 24.7 Å². The molecule has 1 aliphatic heterocycles. The van der Waals surface area contributed by atoms with E-state index in [1.165, 1.54) is 11.8 Å². The summed E-state index contributed by atoms with van der Waals surface area (Å²) in [4.78, 5) is 36.1. The van der Waals surface area contributed by atoms with Crippen LogP contribution in [0, 0.1) is 0 Å². The summed E-state index contributed by atoms with van der Waals surface area (Å²) in [6.45, 7) is 1.66. The van der Waals surface area contributed by atoms with Gasteiger partial charge in [-0.3, -0.25) is 9.59 Å². The number of hydrogen-bond acceptors (Lipinski definition) is 7. The van der Waals surface area contributed by atoms with Crippen molar-refractivity contribution in [3.63, 3.8) is 0 Å². The molecule has 1 amide bonds. The highest BCUT2D eigenvalue weighted by atomic mass is 32.2. The van der Waals surface area contributed by atoms with Gasteiger partial charge in [-0.25, -0.2) is 9.97 Å². The quantitative estimate of drug-likeness (QED) is 0.457. The number of thioether (sulfide) groups is 1. The third kappa shape index (κ3) is 3.34. The van der Waals surface area contributed by atoms with E-state index in [0.29, 0.717) is 16.5 Å². The maximum Gasteiger partial charge on any atom is 0.242 e. The van der Waals surface area contributed by atoms with E-state index in [2.05, 4.69) is 15.2 Å². The molecule has 0 bridgehead atoms. The Morgan fingerprint density at radius 2 is 2.19 bits per heavy atom. The molecule has 2 heterocycles. The smallest absolute Gasteiger partial charge is 0.242 e. The predicted octanol–water partition coefficient (Wildman–Crippen LogP) is 1.44. The summed E-state index contributed by atoms with van der Waals surface area (Å²) in [5.74, 6) is 0.103. The number of nitrogens with zero attached hydrogens (tertiary/aromatic N) is 3. The maximum absolute atomic E-state index is 12.8. The van der Waals surface area contributed by atoms with Crippen LogP contribution < -0.4 is 10.1 Å². The van der Waals surface area contributed by atoms with E-state index in [4.69, 9.17) is 0 Å². The van der Waals surface area contributed by atoms with Gasteiger partial charge in [-0.15, -0.1) is 0 Å². The maximum atomic E-state index is 12.8. The number of anilines is 1. The van der Waals surface area contributed by atoms with Gasteiger partial charge in [-0.05, 0) is 19.1 Å². The third-order valence-electron chi connectivity index (χ3n) is 5.33. The van der Waals surface area contributed by atoms with Crippen molar-refractivity contribution >= 4 is 36.7 Å². The number of rotatable bonds is 5.